The van der Waals surface area contributed by atoms with E-state index in [0.29, 0.717) is 17.7 Å². The van der Waals surface area contributed by atoms with Crippen LogP contribution in [0.25, 0.3) is 0 Å². The molecule has 0 aliphatic carbocycles. The number of ether oxygens (including phenoxy) is 3. The average molecular weight is 728 g/mol. The highest BCUT2D eigenvalue weighted by Gasteiger charge is 2.30. The van der Waals surface area contributed by atoms with E-state index in [1.165, 1.54) is 29.2 Å². The van der Waals surface area contributed by atoms with Crippen molar-refractivity contribution in [3.63, 3.8) is 0 Å². The number of carbonyl (C=O) groups excluding carboxylic acids is 6. The van der Waals surface area contributed by atoms with Crippen molar-refractivity contribution in [2.45, 2.75) is 85.0 Å². The number of Topliss-reactive ketones (excluding diaryl/α,β-unsaturated/α-hetero) is 1. The number of amides is 4. The molecule has 0 saturated carbocycles. The third-order valence-corrected chi connectivity index (χ3v) is 7.43. The fraction of sp³-hybridized carbons (Fsp3) is 0.500. The molecule has 0 saturated heterocycles. The summed E-state index contributed by atoms with van der Waals surface area (Å²) < 4.78 is 15.4. The van der Waals surface area contributed by atoms with Crippen molar-refractivity contribution in [1.29, 1.82) is 0 Å². The van der Waals surface area contributed by atoms with E-state index in [4.69, 9.17) is 14.2 Å². The van der Waals surface area contributed by atoms with Gasteiger partial charge < -0.3 is 35.1 Å². The molecule has 16 nitrogen and oxygen atoms in total. The molecule has 2 rings (SSSR count). The minimum Gasteiger partial charge on any atom is -0.444 e. The number of nitro benzene ring substituents is 1. The predicted molar refractivity (Wildman–Crippen MR) is 190 cm³/mol. The zero-order valence-electron chi connectivity index (χ0n) is 30.7. The Labute approximate surface area is 303 Å². The number of nitro groups is 1. The number of anilines is 1. The van der Waals surface area contributed by atoms with Gasteiger partial charge in [-0.2, -0.15) is 0 Å². The molecule has 3 N–H and O–H groups in total. The van der Waals surface area contributed by atoms with Crippen molar-refractivity contribution in [2.75, 3.05) is 26.0 Å². The van der Waals surface area contributed by atoms with Gasteiger partial charge in [-0.05, 0) is 69.4 Å². The van der Waals surface area contributed by atoms with E-state index >= 15 is 0 Å². The van der Waals surface area contributed by atoms with Crippen molar-refractivity contribution in [2.24, 2.45) is 11.8 Å². The first-order valence-electron chi connectivity index (χ1n) is 16.8. The van der Waals surface area contributed by atoms with Crippen LogP contribution in [0.5, 0.6) is 5.75 Å². The van der Waals surface area contributed by atoms with Crippen molar-refractivity contribution >= 4 is 47.1 Å². The molecule has 0 bridgehead atoms. The van der Waals surface area contributed by atoms with Gasteiger partial charge in [0.1, 0.15) is 18.0 Å². The maximum absolute atomic E-state index is 13.5. The van der Waals surface area contributed by atoms with Crippen LogP contribution in [0.15, 0.2) is 48.5 Å². The highest BCUT2D eigenvalue weighted by Crippen LogP contribution is 2.20. The standard InChI is InChI=1S/C36H49N5O11/c1-23(2)32(39-30(43)9-8-10-31(44)40(6)7)29(42)21-25(19-20-37-34(46)52-36(3,4)5)33(45)38-26-13-11-24(12-14-26)22-50-35(47)51-28-17-15-27(16-18-28)41(48)49/h11-18,23,25,32H,8-10,19-22H2,1-7H3,(H,37,46)(H,38,45)(H,39,43)/t25-,32+/m1/s1. The summed E-state index contributed by atoms with van der Waals surface area (Å²) in [5.74, 6) is -2.46. The average Bonchev–Trinajstić information content (AvgIpc) is 3.05. The summed E-state index contributed by atoms with van der Waals surface area (Å²) >= 11 is 0. The first-order valence-corrected chi connectivity index (χ1v) is 16.8. The molecule has 0 unspecified atom stereocenters. The van der Waals surface area contributed by atoms with E-state index in [1.807, 2.05) is 0 Å². The van der Waals surface area contributed by atoms with Crippen LogP contribution in [0, 0.1) is 22.0 Å². The normalized spacial score (nSPS) is 12.2. The Morgan fingerprint density at radius 1 is 0.923 bits per heavy atom. The maximum atomic E-state index is 13.5. The molecule has 4 amide bonds. The molecule has 0 spiro atoms. The van der Waals surface area contributed by atoms with Gasteiger partial charge in [0.2, 0.25) is 17.7 Å². The SMILES string of the molecule is CC(C)[C@H](NC(=O)CCCC(=O)N(C)C)C(=O)C[C@@H](CCNC(=O)OC(C)(C)C)C(=O)Nc1ccc(COC(=O)Oc2ccc([N+](=O)[O-])cc2)cc1. The van der Waals surface area contributed by atoms with Gasteiger partial charge in [-0.15, -0.1) is 0 Å². The van der Waals surface area contributed by atoms with Gasteiger partial charge in [-0.25, -0.2) is 9.59 Å². The number of hydrogen-bond donors (Lipinski definition) is 3. The number of benzene rings is 2. The number of non-ortho nitro benzene ring substituents is 1. The molecular formula is C36H49N5O11. The highest BCUT2D eigenvalue weighted by molar-refractivity contribution is 5.97. The van der Waals surface area contributed by atoms with Crippen molar-refractivity contribution < 1.29 is 47.9 Å². The van der Waals surface area contributed by atoms with Gasteiger partial charge in [0.05, 0.1) is 11.0 Å². The molecule has 0 radical (unpaired) electrons. The topological polar surface area (TPSA) is 213 Å². The summed E-state index contributed by atoms with van der Waals surface area (Å²) in [6, 6.07) is 10.4. The Bertz CT molecular complexity index is 1550. The third kappa shape index (κ3) is 16.0. The largest absolute Gasteiger partial charge is 0.514 e. The Kier molecular flexibility index (Phi) is 16.7. The van der Waals surface area contributed by atoms with Gasteiger partial charge >= 0.3 is 12.2 Å². The number of carbonyl (C=O) groups is 6. The molecule has 52 heavy (non-hydrogen) atoms. The van der Waals surface area contributed by atoms with Crippen LogP contribution in [0.1, 0.15) is 72.3 Å². The van der Waals surface area contributed by atoms with Crippen molar-refractivity contribution in [3.8, 4) is 5.75 Å². The second-order valence-electron chi connectivity index (χ2n) is 13.6. The first-order chi connectivity index (χ1) is 24.3. The smallest absolute Gasteiger partial charge is 0.444 e. The number of nitrogens with zero attached hydrogens (tertiary/aromatic N) is 2. The Morgan fingerprint density at radius 3 is 2.12 bits per heavy atom. The summed E-state index contributed by atoms with van der Waals surface area (Å²) in [6.07, 6.45) is -1.26. The van der Waals surface area contributed by atoms with Crippen LogP contribution in [-0.4, -0.2) is 77.9 Å². The van der Waals surface area contributed by atoms with Crippen LogP contribution >= 0.6 is 0 Å². The molecule has 16 heteroatoms. The summed E-state index contributed by atoms with van der Waals surface area (Å²) in [4.78, 5) is 87.5. The van der Waals surface area contributed by atoms with Gasteiger partial charge in [0.25, 0.3) is 5.69 Å². The van der Waals surface area contributed by atoms with E-state index in [2.05, 4.69) is 16.0 Å². The number of hydrogen-bond acceptors (Lipinski definition) is 11. The van der Waals surface area contributed by atoms with Crippen LogP contribution in [0.4, 0.5) is 21.0 Å². The second-order valence-corrected chi connectivity index (χ2v) is 13.6. The van der Waals surface area contributed by atoms with E-state index in [0.717, 1.165) is 0 Å². The Hall–Kier alpha value is -5.54. The molecule has 0 aromatic heterocycles. The summed E-state index contributed by atoms with van der Waals surface area (Å²) in [7, 11) is 3.26. The number of ketones is 1. The fourth-order valence-electron chi connectivity index (χ4n) is 4.68. The molecule has 0 aliphatic heterocycles. The predicted octanol–water partition coefficient (Wildman–Crippen LogP) is 5.14. The quantitative estimate of drug-likeness (QED) is 0.0792. The molecular weight excluding hydrogens is 678 g/mol. The molecule has 0 fully saturated rings. The zero-order valence-corrected chi connectivity index (χ0v) is 30.7. The lowest BCUT2D eigenvalue weighted by atomic mass is 9.90. The van der Waals surface area contributed by atoms with Crippen molar-refractivity contribution in [3.05, 3.63) is 64.2 Å². The minimum absolute atomic E-state index is 0.0329. The molecule has 2 aromatic rings. The molecule has 2 atom stereocenters. The third-order valence-electron chi connectivity index (χ3n) is 7.43. The molecule has 2 aromatic carbocycles. The van der Waals surface area contributed by atoms with E-state index < -0.39 is 40.6 Å². The number of rotatable bonds is 18. The first kappa shape index (κ1) is 42.6. The highest BCUT2D eigenvalue weighted by atomic mass is 16.7. The van der Waals surface area contributed by atoms with Crippen molar-refractivity contribution in [1.82, 2.24) is 15.5 Å². The minimum atomic E-state index is -1.02. The van der Waals surface area contributed by atoms with Gasteiger partial charge in [0.15, 0.2) is 5.78 Å². The number of alkyl carbamates (subject to hydrolysis) is 1. The van der Waals surface area contributed by atoms with E-state index in [-0.39, 0.29) is 73.8 Å². The summed E-state index contributed by atoms with van der Waals surface area (Å²) in [5, 5.41) is 18.9. The van der Waals surface area contributed by atoms with Crippen LogP contribution < -0.4 is 20.7 Å². The lowest BCUT2D eigenvalue weighted by Gasteiger charge is -2.24. The lowest BCUT2D eigenvalue weighted by Crippen LogP contribution is -2.45. The van der Waals surface area contributed by atoms with Crippen LogP contribution in [0.3, 0.4) is 0 Å². The van der Waals surface area contributed by atoms with Gasteiger partial charge in [-0.1, -0.05) is 26.0 Å². The van der Waals surface area contributed by atoms with Gasteiger partial charge in [0, 0.05) is 63.6 Å². The fourth-order valence-corrected chi connectivity index (χ4v) is 4.68. The van der Waals surface area contributed by atoms with Crippen LogP contribution in [0.2, 0.25) is 0 Å². The lowest BCUT2D eigenvalue weighted by molar-refractivity contribution is -0.384. The van der Waals surface area contributed by atoms with E-state index in [9.17, 15) is 38.9 Å². The Balaban J connectivity index is 2.05. The maximum Gasteiger partial charge on any atom is 0.514 e. The molecule has 284 valence electrons. The summed E-state index contributed by atoms with van der Waals surface area (Å²) in [6.45, 7) is 8.57. The monoisotopic (exact) mass is 727 g/mol. The number of nitrogens with one attached hydrogen (secondary N) is 3. The zero-order chi connectivity index (χ0) is 39.0. The second kappa shape index (κ2) is 20.3. The van der Waals surface area contributed by atoms with Gasteiger partial charge in [-0.3, -0.25) is 29.3 Å². The van der Waals surface area contributed by atoms with E-state index in [1.54, 1.807) is 73.0 Å². The van der Waals surface area contributed by atoms with Crippen LogP contribution in [-0.2, 0) is 35.3 Å². The molecule has 0 aliphatic rings. The summed E-state index contributed by atoms with van der Waals surface area (Å²) in [5.41, 5.74) is 0.0626. The Morgan fingerprint density at radius 2 is 1.56 bits per heavy atom. The molecule has 0 heterocycles.